The van der Waals surface area contributed by atoms with Gasteiger partial charge in [0.2, 0.25) is 0 Å². The van der Waals surface area contributed by atoms with Gasteiger partial charge in [0.25, 0.3) is 0 Å². The summed E-state index contributed by atoms with van der Waals surface area (Å²) >= 11 is 0. The summed E-state index contributed by atoms with van der Waals surface area (Å²) in [4.78, 5) is 8.98. The Bertz CT molecular complexity index is 759. The molecule has 0 unspecified atom stereocenters. The minimum absolute atomic E-state index is 0.102. The van der Waals surface area contributed by atoms with E-state index in [2.05, 4.69) is 15.3 Å². The molecule has 2 heterocycles. The molecule has 1 saturated heterocycles. The maximum Gasteiger partial charge on any atom is 0.511 e. The van der Waals surface area contributed by atoms with E-state index in [1.165, 1.54) is 0 Å². The van der Waals surface area contributed by atoms with E-state index in [9.17, 15) is 21.6 Å². The van der Waals surface area contributed by atoms with Gasteiger partial charge in [0.1, 0.15) is 11.6 Å². The number of halogens is 3. The van der Waals surface area contributed by atoms with Crippen molar-refractivity contribution >= 4 is 15.8 Å². The highest BCUT2D eigenvalue weighted by molar-refractivity contribution is 7.90. The first-order valence-electron chi connectivity index (χ1n) is 8.85. The third kappa shape index (κ3) is 3.95. The van der Waals surface area contributed by atoms with Crippen molar-refractivity contribution in [3.8, 4) is 0 Å². The van der Waals surface area contributed by atoms with Gasteiger partial charge >= 0.3 is 15.5 Å². The van der Waals surface area contributed by atoms with Gasteiger partial charge < -0.3 is 5.32 Å². The molecule has 6 nitrogen and oxygen atoms in total. The van der Waals surface area contributed by atoms with Gasteiger partial charge in [-0.25, -0.2) is 18.4 Å². The fraction of sp³-hybridized carbons (Fsp3) is 0.750. The molecular formula is C16H23F3N4O2S. The molecule has 0 spiro atoms. The van der Waals surface area contributed by atoms with E-state index >= 15 is 0 Å². The molecule has 1 N–H and O–H groups in total. The number of rotatable bonds is 4. The Kier molecular flexibility index (Phi) is 5.43. The molecule has 1 aliphatic carbocycles. The number of nitrogens with one attached hydrogen (secondary N) is 1. The first-order chi connectivity index (χ1) is 12.2. The number of hydrogen-bond acceptors (Lipinski definition) is 5. The number of aryl methyl sites for hydroxylation is 2. The van der Waals surface area contributed by atoms with E-state index in [0.717, 1.165) is 42.8 Å². The van der Waals surface area contributed by atoms with Crippen LogP contribution in [-0.2, 0) is 22.9 Å². The average Bonchev–Trinajstić information content (AvgIpc) is 2.59. The van der Waals surface area contributed by atoms with Gasteiger partial charge in [0.05, 0.1) is 0 Å². The van der Waals surface area contributed by atoms with Crippen LogP contribution in [0.15, 0.2) is 0 Å². The van der Waals surface area contributed by atoms with Crippen LogP contribution in [0.3, 0.4) is 0 Å². The Morgan fingerprint density at radius 1 is 1.15 bits per heavy atom. The Hall–Kier alpha value is -1.42. The summed E-state index contributed by atoms with van der Waals surface area (Å²) in [5.74, 6) is 1.64. The van der Waals surface area contributed by atoms with Gasteiger partial charge in [0.15, 0.2) is 0 Å². The summed E-state index contributed by atoms with van der Waals surface area (Å²) in [6.07, 6.45) is 4.89. The first-order valence-corrected chi connectivity index (χ1v) is 10.3. The quantitative estimate of drug-likeness (QED) is 0.853. The van der Waals surface area contributed by atoms with E-state index in [0.29, 0.717) is 29.5 Å². The Balaban J connectivity index is 1.59. The molecule has 0 atom stereocenters. The van der Waals surface area contributed by atoms with Crippen LogP contribution in [0, 0.1) is 12.8 Å². The van der Waals surface area contributed by atoms with Crippen molar-refractivity contribution in [1.82, 2.24) is 14.3 Å². The molecule has 0 aromatic carbocycles. The zero-order valence-electron chi connectivity index (χ0n) is 14.6. The number of alkyl halides is 3. The number of aromatic nitrogens is 2. The SMILES string of the molecule is Cc1nc2c(c(NCC3CCN(S(=O)(=O)C(F)(F)F)CC3)n1)CCCC2. The van der Waals surface area contributed by atoms with E-state index in [1.807, 2.05) is 6.92 Å². The minimum Gasteiger partial charge on any atom is -0.369 e. The Morgan fingerprint density at radius 2 is 1.81 bits per heavy atom. The molecule has 26 heavy (non-hydrogen) atoms. The topological polar surface area (TPSA) is 75.2 Å². The van der Waals surface area contributed by atoms with Crippen LogP contribution in [0.25, 0.3) is 0 Å². The summed E-state index contributed by atoms with van der Waals surface area (Å²) < 4.78 is 61.3. The fourth-order valence-electron chi connectivity index (χ4n) is 3.60. The van der Waals surface area contributed by atoms with Gasteiger partial charge in [-0.2, -0.15) is 17.5 Å². The maximum atomic E-state index is 12.6. The number of nitrogens with zero attached hydrogens (tertiary/aromatic N) is 3. The van der Waals surface area contributed by atoms with Crippen LogP contribution in [0.5, 0.6) is 0 Å². The lowest BCUT2D eigenvalue weighted by Gasteiger charge is -2.32. The van der Waals surface area contributed by atoms with Crippen LogP contribution >= 0.6 is 0 Å². The first kappa shape index (κ1) is 19.3. The van der Waals surface area contributed by atoms with Crippen molar-refractivity contribution < 1.29 is 21.6 Å². The lowest BCUT2D eigenvalue weighted by molar-refractivity contribution is -0.0496. The van der Waals surface area contributed by atoms with Gasteiger partial charge in [-0.1, -0.05) is 0 Å². The predicted octanol–water partition coefficient (Wildman–Crippen LogP) is 2.64. The molecule has 0 saturated carbocycles. The molecule has 1 fully saturated rings. The number of hydrogen-bond donors (Lipinski definition) is 1. The van der Waals surface area contributed by atoms with Crippen LogP contribution in [0.1, 0.15) is 42.8 Å². The van der Waals surface area contributed by atoms with Crippen LogP contribution in [0.2, 0.25) is 0 Å². The van der Waals surface area contributed by atoms with Crippen molar-refractivity contribution in [2.75, 3.05) is 25.0 Å². The zero-order chi connectivity index (χ0) is 18.9. The molecule has 1 aromatic rings. The molecule has 0 radical (unpaired) electrons. The van der Waals surface area contributed by atoms with Crippen LogP contribution in [-0.4, -0.2) is 47.8 Å². The molecule has 3 rings (SSSR count). The number of anilines is 1. The molecule has 1 aliphatic heterocycles. The van der Waals surface area contributed by atoms with Crippen LogP contribution < -0.4 is 5.32 Å². The molecule has 2 aliphatic rings. The van der Waals surface area contributed by atoms with Crippen LogP contribution in [0.4, 0.5) is 19.0 Å². The lowest BCUT2D eigenvalue weighted by atomic mass is 9.95. The van der Waals surface area contributed by atoms with Crippen molar-refractivity contribution in [1.29, 1.82) is 0 Å². The van der Waals surface area contributed by atoms with E-state index in [-0.39, 0.29) is 19.0 Å². The fourth-order valence-corrected chi connectivity index (χ4v) is 4.59. The standard InChI is InChI=1S/C16H23F3N4O2S/c1-11-21-14-5-3-2-4-13(14)15(22-11)20-10-12-6-8-23(9-7-12)26(24,25)16(17,18)19/h12H,2-10H2,1H3,(H,20,21,22). The highest BCUT2D eigenvalue weighted by atomic mass is 32.2. The molecular weight excluding hydrogens is 369 g/mol. The summed E-state index contributed by atoms with van der Waals surface area (Å²) in [6, 6.07) is 0. The largest absolute Gasteiger partial charge is 0.511 e. The third-order valence-corrected chi connectivity index (χ3v) is 6.69. The Morgan fingerprint density at radius 3 is 2.46 bits per heavy atom. The number of sulfonamides is 1. The lowest BCUT2D eigenvalue weighted by Crippen LogP contribution is -2.45. The van der Waals surface area contributed by atoms with Crippen molar-refractivity contribution in [3.05, 3.63) is 17.1 Å². The van der Waals surface area contributed by atoms with Gasteiger partial charge in [-0.15, -0.1) is 0 Å². The maximum absolute atomic E-state index is 12.6. The molecule has 10 heteroatoms. The number of fused-ring (bicyclic) bond motifs is 1. The second-order valence-electron chi connectivity index (χ2n) is 6.93. The summed E-state index contributed by atoms with van der Waals surface area (Å²) in [7, 11) is -5.22. The van der Waals surface area contributed by atoms with Gasteiger partial charge in [-0.05, 0) is 51.4 Å². The van der Waals surface area contributed by atoms with Gasteiger partial charge in [-0.3, -0.25) is 0 Å². The zero-order valence-corrected chi connectivity index (χ0v) is 15.5. The monoisotopic (exact) mass is 392 g/mol. The van der Waals surface area contributed by atoms with Crippen molar-refractivity contribution in [3.63, 3.8) is 0 Å². The second kappa shape index (κ2) is 7.30. The summed E-state index contributed by atoms with van der Waals surface area (Å²) in [5.41, 5.74) is -3.01. The smallest absolute Gasteiger partial charge is 0.369 e. The summed E-state index contributed by atoms with van der Waals surface area (Å²) in [6.45, 7) is 2.22. The van der Waals surface area contributed by atoms with E-state index in [1.54, 1.807) is 0 Å². The van der Waals surface area contributed by atoms with Gasteiger partial charge in [0, 0.05) is 30.9 Å². The second-order valence-corrected chi connectivity index (χ2v) is 8.86. The van der Waals surface area contributed by atoms with E-state index in [4.69, 9.17) is 0 Å². The average molecular weight is 392 g/mol. The minimum atomic E-state index is -5.23. The van der Waals surface area contributed by atoms with E-state index < -0.39 is 15.5 Å². The van der Waals surface area contributed by atoms with Crippen molar-refractivity contribution in [2.24, 2.45) is 5.92 Å². The predicted molar refractivity (Wildman–Crippen MR) is 91.2 cm³/mol. The summed E-state index contributed by atoms with van der Waals surface area (Å²) in [5, 5.41) is 3.33. The molecule has 0 bridgehead atoms. The molecule has 0 amide bonds. The normalized spacial score (nSPS) is 20.0. The highest BCUT2D eigenvalue weighted by Gasteiger charge is 2.50. The number of piperidine rings is 1. The molecule has 146 valence electrons. The third-order valence-electron chi connectivity index (χ3n) is 5.06. The van der Waals surface area contributed by atoms with Crippen molar-refractivity contribution in [2.45, 2.75) is 51.0 Å². The molecule has 1 aromatic heterocycles. The Labute approximate surface area is 151 Å². The highest BCUT2D eigenvalue weighted by Crippen LogP contribution is 2.31.